The van der Waals surface area contributed by atoms with E-state index in [1.54, 1.807) is 6.07 Å². The number of carbonyl (C=O) groups is 1. The monoisotopic (exact) mass is 283 g/mol. The van der Waals surface area contributed by atoms with E-state index in [1.807, 2.05) is 26.8 Å². The first kappa shape index (κ1) is 13.9. The predicted molar refractivity (Wildman–Crippen MR) is 72.2 cm³/mol. The molecule has 1 aliphatic heterocycles. The van der Waals surface area contributed by atoms with E-state index in [1.165, 1.54) is 6.07 Å². The van der Waals surface area contributed by atoms with Gasteiger partial charge in [-0.3, -0.25) is 0 Å². The quantitative estimate of drug-likeness (QED) is 0.818. The molecule has 2 N–H and O–H groups in total. The van der Waals surface area contributed by atoms with Gasteiger partial charge in [-0.15, -0.1) is 0 Å². The Morgan fingerprint density at radius 1 is 1.37 bits per heavy atom. The minimum absolute atomic E-state index is 0.192. The maximum absolute atomic E-state index is 12.2. The molecule has 0 amide bonds. The Morgan fingerprint density at radius 3 is 2.53 bits per heavy atom. The summed E-state index contributed by atoms with van der Waals surface area (Å²) in [6.45, 7) is 5.88. The lowest BCUT2D eigenvalue weighted by atomic mass is 9.85. The van der Waals surface area contributed by atoms with Crippen LogP contribution in [0.1, 0.15) is 26.3 Å². The molecule has 0 radical (unpaired) electrons. The molecule has 0 fully saturated rings. The first-order chi connectivity index (χ1) is 8.63. The van der Waals surface area contributed by atoms with Crippen LogP contribution in [0.2, 0.25) is 0 Å². The van der Waals surface area contributed by atoms with Gasteiger partial charge in [0.15, 0.2) is 9.84 Å². The number of nitrogens with one attached hydrogen (secondary N) is 1. The predicted octanol–water partition coefficient (Wildman–Crippen LogP) is 1.64. The minimum atomic E-state index is -3.56. The molecule has 0 saturated carbocycles. The van der Waals surface area contributed by atoms with Gasteiger partial charge in [-0.1, -0.05) is 32.9 Å². The Kier molecular flexibility index (Phi) is 3.09. The molecule has 1 atom stereocenters. The topological polar surface area (TPSA) is 83.5 Å². The normalized spacial score (nSPS) is 21.3. The van der Waals surface area contributed by atoms with Gasteiger partial charge >= 0.3 is 5.97 Å². The number of carboxylic acid groups (broad SMARTS) is 1. The molecule has 2 rings (SSSR count). The van der Waals surface area contributed by atoms with Crippen molar-refractivity contribution in [3.63, 3.8) is 0 Å². The average molecular weight is 283 g/mol. The Morgan fingerprint density at radius 2 is 2.00 bits per heavy atom. The number of sulfone groups is 1. The molecule has 0 aromatic heterocycles. The summed E-state index contributed by atoms with van der Waals surface area (Å²) in [5.74, 6) is -1.57. The van der Waals surface area contributed by atoms with Crippen LogP contribution in [-0.4, -0.2) is 31.3 Å². The summed E-state index contributed by atoms with van der Waals surface area (Å²) in [4.78, 5) is 11.3. The van der Waals surface area contributed by atoms with Crippen LogP contribution < -0.4 is 5.32 Å². The van der Waals surface area contributed by atoms with Crippen molar-refractivity contribution in [1.29, 1.82) is 0 Å². The molecule has 19 heavy (non-hydrogen) atoms. The van der Waals surface area contributed by atoms with Gasteiger partial charge in [-0.05, 0) is 17.0 Å². The number of rotatable bonds is 1. The second-order valence-corrected chi connectivity index (χ2v) is 7.75. The van der Waals surface area contributed by atoms with E-state index in [0.717, 1.165) is 5.56 Å². The van der Waals surface area contributed by atoms with Gasteiger partial charge < -0.3 is 10.4 Å². The average Bonchev–Trinajstić information content (AvgIpc) is 2.25. The SMILES string of the molecule is CC(C)(C)c1cccc2c1NC(C(=O)O)CS2(=O)=O. The van der Waals surface area contributed by atoms with Crippen LogP contribution in [0.15, 0.2) is 23.1 Å². The Hall–Kier alpha value is -1.56. The van der Waals surface area contributed by atoms with Crippen LogP contribution in [0.4, 0.5) is 5.69 Å². The van der Waals surface area contributed by atoms with Gasteiger partial charge in [-0.2, -0.15) is 0 Å². The molecular weight excluding hydrogens is 266 g/mol. The second-order valence-electron chi connectivity index (χ2n) is 5.75. The number of hydrogen-bond acceptors (Lipinski definition) is 4. The molecule has 0 bridgehead atoms. The Balaban J connectivity index is 2.68. The third-order valence-electron chi connectivity index (χ3n) is 3.17. The summed E-state index contributed by atoms with van der Waals surface area (Å²) in [5.41, 5.74) is 0.960. The number of para-hydroxylation sites is 1. The summed E-state index contributed by atoms with van der Waals surface area (Å²) in [5, 5.41) is 11.9. The zero-order valence-corrected chi connectivity index (χ0v) is 11.9. The maximum Gasteiger partial charge on any atom is 0.327 e. The fraction of sp³-hybridized carbons (Fsp3) is 0.462. The lowest BCUT2D eigenvalue weighted by molar-refractivity contribution is -0.137. The van der Waals surface area contributed by atoms with Crippen molar-refractivity contribution in [3.05, 3.63) is 23.8 Å². The molecule has 1 heterocycles. The highest BCUT2D eigenvalue weighted by molar-refractivity contribution is 7.91. The number of aliphatic carboxylic acids is 1. The fourth-order valence-corrected chi connectivity index (χ4v) is 3.83. The molecule has 104 valence electrons. The molecule has 1 aromatic rings. The zero-order chi connectivity index (χ0) is 14.4. The molecule has 6 heteroatoms. The van der Waals surface area contributed by atoms with Gasteiger partial charge in [0.1, 0.15) is 6.04 Å². The van der Waals surface area contributed by atoms with E-state index in [9.17, 15) is 13.2 Å². The summed E-state index contributed by atoms with van der Waals surface area (Å²) in [6, 6.07) is 3.94. The van der Waals surface area contributed by atoms with Gasteiger partial charge in [-0.25, -0.2) is 13.2 Å². The van der Waals surface area contributed by atoms with E-state index < -0.39 is 27.6 Å². The number of benzene rings is 1. The van der Waals surface area contributed by atoms with Crippen LogP contribution in [-0.2, 0) is 20.0 Å². The highest BCUT2D eigenvalue weighted by atomic mass is 32.2. The molecule has 0 spiro atoms. The first-order valence-electron chi connectivity index (χ1n) is 5.98. The molecule has 1 aromatic carbocycles. The van der Waals surface area contributed by atoms with Crippen LogP contribution in [0.3, 0.4) is 0 Å². The van der Waals surface area contributed by atoms with E-state index in [-0.39, 0.29) is 10.3 Å². The first-order valence-corrected chi connectivity index (χ1v) is 7.64. The van der Waals surface area contributed by atoms with Gasteiger partial charge in [0.25, 0.3) is 0 Å². The van der Waals surface area contributed by atoms with Crippen LogP contribution in [0.25, 0.3) is 0 Å². The maximum atomic E-state index is 12.2. The van der Waals surface area contributed by atoms with Crippen molar-refractivity contribution in [3.8, 4) is 0 Å². The Bertz CT molecular complexity index is 629. The van der Waals surface area contributed by atoms with E-state index >= 15 is 0 Å². The van der Waals surface area contributed by atoms with E-state index in [0.29, 0.717) is 5.69 Å². The summed E-state index contributed by atoms with van der Waals surface area (Å²) in [7, 11) is -3.56. The van der Waals surface area contributed by atoms with Crippen LogP contribution >= 0.6 is 0 Å². The van der Waals surface area contributed by atoms with Crippen LogP contribution in [0, 0.1) is 0 Å². The largest absolute Gasteiger partial charge is 0.480 e. The zero-order valence-electron chi connectivity index (χ0n) is 11.1. The number of anilines is 1. The third kappa shape index (κ3) is 2.45. The number of hydrogen-bond donors (Lipinski definition) is 2. The second kappa shape index (κ2) is 4.23. The lowest BCUT2D eigenvalue weighted by Crippen LogP contribution is -2.41. The third-order valence-corrected chi connectivity index (χ3v) is 4.95. The summed E-state index contributed by atoms with van der Waals surface area (Å²) >= 11 is 0. The van der Waals surface area contributed by atoms with Crippen molar-refractivity contribution in [2.45, 2.75) is 37.1 Å². The van der Waals surface area contributed by atoms with Crippen molar-refractivity contribution in [2.75, 3.05) is 11.1 Å². The van der Waals surface area contributed by atoms with Gasteiger partial charge in [0, 0.05) is 0 Å². The van der Waals surface area contributed by atoms with E-state index in [2.05, 4.69) is 5.32 Å². The van der Waals surface area contributed by atoms with Crippen molar-refractivity contribution in [1.82, 2.24) is 0 Å². The van der Waals surface area contributed by atoms with Crippen molar-refractivity contribution < 1.29 is 18.3 Å². The van der Waals surface area contributed by atoms with E-state index in [4.69, 9.17) is 5.11 Å². The van der Waals surface area contributed by atoms with Crippen molar-refractivity contribution >= 4 is 21.5 Å². The molecule has 0 aliphatic carbocycles. The molecule has 1 aliphatic rings. The molecule has 0 saturated heterocycles. The van der Waals surface area contributed by atoms with Crippen molar-refractivity contribution in [2.24, 2.45) is 0 Å². The van der Waals surface area contributed by atoms with Crippen LogP contribution in [0.5, 0.6) is 0 Å². The molecule has 1 unspecified atom stereocenters. The Labute approximate surface area is 112 Å². The number of fused-ring (bicyclic) bond motifs is 1. The highest BCUT2D eigenvalue weighted by Gasteiger charge is 2.36. The lowest BCUT2D eigenvalue weighted by Gasteiger charge is -2.30. The minimum Gasteiger partial charge on any atom is -0.480 e. The summed E-state index contributed by atoms with van der Waals surface area (Å²) < 4.78 is 24.3. The van der Waals surface area contributed by atoms with Gasteiger partial charge in [0.05, 0.1) is 16.3 Å². The smallest absolute Gasteiger partial charge is 0.327 e. The standard InChI is InChI=1S/C13H17NO4S/c1-13(2,3)8-5-4-6-10-11(8)14-9(12(15)16)7-19(10,17)18/h4-6,9,14H,7H2,1-3H3,(H,15,16). The van der Waals surface area contributed by atoms with Gasteiger partial charge in [0.2, 0.25) is 0 Å². The molecular formula is C13H17NO4S. The summed E-state index contributed by atoms with van der Waals surface area (Å²) in [6.07, 6.45) is 0. The molecule has 5 nitrogen and oxygen atoms in total. The number of carboxylic acids is 1. The fourth-order valence-electron chi connectivity index (χ4n) is 2.22. The highest BCUT2D eigenvalue weighted by Crippen LogP contribution is 2.37.